The van der Waals surface area contributed by atoms with Crippen LogP contribution in [-0.2, 0) is 6.42 Å². The zero-order valence-corrected chi connectivity index (χ0v) is 12.2. The van der Waals surface area contributed by atoms with Crippen molar-refractivity contribution in [2.75, 3.05) is 5.32 Å². The van der Waals surface area contributed by atoms with Gasteiger partial charge in [0, 0.05) is 17.8 Å². The van der Waals surface area contributed by atoms with Crippen LogP contribution in [0.15, 0.2) is 60.8 Å². The number of benzene rings is 2. The fourth-order valence-electron chi connectivity index (χ4n) is 2.00. The number of anilines is 1. The molecule has 0 aromatic heterocycles. The highest BCUT2D eigenvalue weighted by atomic mass is 16.4. The van der Waals surface area contributed by atoms with E-state index in [0.29, 0.717) is 11.3 Å². The monoisotopic (exact) mass is 295 g/mol. The summed E-state index contributed by atoms with van der Waals surface area (Å²) in [4.78, 5) is 23.1. The second-order valence-corrected chi connectivity index (χ2v) is 4.74. The molecule has 2 rings (SSSR count). The molecule has 0 spiro atoms. The quantitative estimate of drug-likeness (QED) is 0.629. The number of allylic oxidation sites excluding steroid dienone is 1. The Morgan fingerprint density at radius 2 is 1.77 bits per heavy atom. The SMILES string of the molecule is CCc1ccc(C(=O)/C=C/Nc2ccccc2C(=O)O)cc1. The van der Waals surface area contributed by atoms with E-state index in [-0.39, 0.29) is 11.3 Å². The molecule has 0 fully saturated rings. The van der Waals surface area contributed by atoms with E-state index in [1.54, 1.807) is 30.3 Å². The van der Waals surface area contributed by atoms with Gasteiger partial charge in [-0.3, -0.25) is 4.79 Å². The van der Waals surface area contributed by atoms with Crippen LogP contribution in [0.1, 0.15) is 33.2 Å². The minimum atomic E-state index is -1.02. The Morgan fingerprint density at radius 1 is 1.09 bits per heavy atom. The topological polar surface area (TPSA) is 66.4 Å². The highest BCUT2D eigenvalue weighted by Gasteiger charge is 2.07. The van der Waals surface area contributed by atoms with Gasteiger partial charge in [-0.25, -0.2) is 4.79 Å². The number of para-hydroxylation sites is 1. The van der Waals surface area contributed by atoms with Crippen LogP contribution in [0.25, 0.3) is 0 Å². The number of aryl methyl sites for hydroxylation is 1. The van der Waals surface area contributed by atoms with Gasteiger partial charge in [0.15, 0.2) is 5.78 Å². The van der Waals surface area contributed by atoms with Crippen LogP contribution in [0.5, 0.6) is 0 Å². The first-order valence-corrected chi connectivity index (χ1v) is 7.00. The number of carbonyl (C=O) groups excluding carboxylic acids is 1. The van der Waals surface area contributed by atoms with Gasteiger partial charge < -0.3 is 10.4 Å². The van der Waals surface area contributed by atoms with Gasteiger partial charge in [0.25, 0.3) is 0 Å². The fraction of sp³-hybridized carbons (Fsp3) is 0.111. The standard InChI is InChI=1S/C18H17NO3/c1-2-13-7-9-14(10-8-13)17(20)11-12-19-16-6-4-3-5-15(16)18(21)22/h3-12,19H,2H2,1H3,(H,21,22)/b12-11+. The Labute approximate surface area is 129 Å². The molecule has 0 amide bonds. The first-order valence-electron chi connectivity index (χ1n) is 7.00. The molecule has 0 atom stereocenters. The zero-order chi connectivity index (χ0) is 15.9. The van der Waals surface area contributed by atoms with Gasteiger partial charge in [-0.1, -0.05) is 43.3 Å². The number of aromatic carboxylic acids is 1. The zero-order valence-electron chi connectivity index (χ0n) is 12.2. The Hall–Kier alpha value is -2.88. The Kier molecular flexibility index (Phi) is 5.09. The van der Waals surface area contributed by atoms with Crippen molar-refractivity contribution in [3.8, 4) is 0 Å². The summed E-state index contributed by atoms with van der Waals surface area (Å²) >= 11 is 0. The maximum Gasteiger partial charge on any atom is 0.337 e. The summed E-state index contributed by atoms with van der Waals surface area (Å²) in [6.07, 6.45) is 3.77. The minimum absolute atomic E-state index is 0.136. The smallest absolute Gasteiger partial charge is 0.337 e. The van der Waals surface area contributed by atoms with Crippen LogP contribution < -0.4 is 5.32 Å². The number of rotatable bonds is 6. The van der Waals surface area contributed by atoms with Gasteiger partial charge in [0.2, 0.25) is 0 Å². The number of carboxylic acid groups (broad SMARTS) is 1. The lowest BCUT2D eigenvalue weighted by atomic mass is 10.1. The molecule has 0 aliphatic rings. The average molecular weight is 295 g/mol. The molecule has 4 nitrogen and oxygen atoms in total. The van der Waals surface area contributed by atoms with Crippen molar-refractivity contribution < 1.29 is 14.7 Å². The van der Waals surface area contributed by atoms with E-state index in [4.69, 9.17) is 5.11 Å². The van der Waals surface area contributed by atoms with Crippen LogP contribution in [0.4, 0.5) is 5.69 Å². The number of hydrogen-bond acceptors (Lipinski definition) is 3. The summed E-state index contributed by atoms with van der Waals surface area (Å²) in [7, 11) is 0. The fourth-order valence-corrected chi connectivity index (χ4v) is 2.00. The predicted octanol–water partition coefficient (Wildman–Crippen LogP) is 3.76. The molecule has 0 bridgehead atoms. The third-order valence-electron chi connectivity index (χ3n) is 3.28. The van der Waals surface area contributed by atoms with Crippen LogP contribution in [-0.4, -0.2) is 16.9 Å². The molecule has 112 valence electrons. The molecule has 0 saturated carbocycles. The molecule has 0 aliphatic heterocycles. The van der Waals surface area contributed by atoms with Crippen LogP contribution in [0.2, 0.25) is 0 Å². The van der Waals surface area contributed by atoms with Gasteiger partial charge in [-0.2, -0.15) is 0 Å². The third kappa shape index (κ3) is 3.82. The normalized spacial score (nSPS) is 10.6. The lowest BCUT2D eigenvalue weighted by Crippen LogP contribution is -2.02. The minimum Gasteiger partial charge on any atom is -0.478 e. The molecule has 0 aliphatic carbocycles. The van der Waals surface area contributed by atoms with Crippen molar-refractivity contribution in [2.45, 2.75) is 13.3 Å². The van der Waals surface area contributed by atoms with Gasteiger partial charge >= 0.3 is 5.97 Å². The Bertz CT molecular complexity index is 703. The molecule has 4 heteroatoms. The molecule has 0 heterocycles. The van der Waals surface area contributed by atoms with Crippen molar-refractivity contribution in [3.05, 3.63) is 77.5 Å². The predicted molar refractivity (Wildman–Crippen MR) is 86.3 cm³/mol. The summed E-state index contributed by atoms with van der Waals surface area (Å²) in [5.74, 6) is -1.15. The highest BCUT2D eigenvalue weighted by molar-refractivity contribution is 6.04. The van der Waals surface area contributed by atoms with Crippen molar-refractivity contribution in [3.63, 3.8) is 0 Å². The molecule has 22 heavy (non-hydrogen) atoms. The Morgan fingerprint density at radius 3 is 2.41 bits per heavy atom. The maximum absolute atomic E-state index is 12.0. The largest absolute Gasteiger partial charge is 0.478 e. The second-order valence-electron chi connectivity index (χ2n) is 4.74. The molecule has 2 aromatic carbocycles. The van der Waals surface area contributed by atoms with E-state index in [2.05, 4.69) is 12.2 Å². The summed E-state index contributed by atoms with van der Waals surface area (Å²) in [5.41, 5.74) is 2.38. The number of ketones is 1. The third-order valence-corrected chi connectivity index (χ3v) is 3.28. The molecule has 0 saturated heterocycles. The summed E-state index contributed by atoms with van der Waals surface area (Å²) in [6, 6.07) is 14.0. The van der Waals surface area contributed by atoms with Crippen LogP contribution in [0, 0.1) is 0 Å². The highest BCUT2D eigenvalue weighted by Crippen LogP contribution is 2.15. The molecule has 2 aromatic rings. The number of carbonyl (C=O) groups is 2. The van der Waals surface area contributed by atoms with E-state index in [1.807, 2.05) is 12.1 Å². The number of nitrogens with one attached hydrogen (secondary N) is 1. The average Bonchev–Trinajstić information content (AvgIpc) is 2.55. The second kappa shape index (κ2) is 7.22. The van der Waals surface area contributed by atoms with E-state index in [0.717, 1.165) is 6.42 Å². The van der Waals surface area contributed by atoms with Gasteiger partial charge in [-0.15, -0.1) is 0 Å². The lowest BCUT2D eigenvalue weighted by Gasteiger charge is -2.04. The number of carboxylic acids is 1. The number of hydrogen-bond donors (Lipinski definition) is 2. The van der Waals surface area contributed by atoms with Gasteiger partial charge in [0.05, 0.1) is 11.3 Å². The molecular formula is C18H17NO3. The summed E-state index contributed by atoms with van der Waals surface area (Å²) in [5, 5.41) is 11.9. The van der Waals surface area contributed by atoms with E-state index >= 15 is 0 Å². The van der Waals surface area contributed by atoms with E-state index in [1.165, 1.54) is 23.9 Å². The molecular weight excluding hydrogens is 278 g/mol. The van der Waals surface area contributed by atoms with Crippen LogP contribution >= 0.6 is 0 Å². The van der Waals surface area contributed by atoms with Crippen molar-refractivity contribution >= 4 is 17.4 Å². The van der Waals surface area contributed by atoms with Crippen molar-refractivity contribution in [1.29, 1.82) is 0 Å². The maximum atomic E-state index is 12.0. The molecule has 2 N–H and O–H groups in total. The lowest BCUT2D eigenvalue weighted by molar-refractivity contribution is 0.0698. The van der Waals surface area contributed by atoms with Gasteiger partial charge in [-0.05, 0) is 24.1 Å². The van der Waals surface area contributed by atoms with Gasteiger partial charge in [0.1, 0.15) is 0 Å². The Balaban J connectivity index is 2.06. The summed E-state index contributed by atoms with van der Waals surface area (Å²) in [6.45, 7) is 2.06. The first kappa shape index (κ1) is 15.5. The van der Waals surface area contributed by atoms with Crippen molar-refractivity contribution in [2.24, 2.45) is 0 Å². The summed E-state index contributed by atoms with van der Waals surface area (Å²) < 4.78 is 0. The molecule has 0 radical (unpaired) electrons. The first-order chi connectivity index (χ1) is 10.6. The van der Waals surface area contributed by atoms with E-state index in [9.17, 15) is 9.59 Å². The van der Waals surface area contributed by atoms with E-state index < -0.39 is 5.97 Å². The van der Waals surface area contributed by atoms with Crippen molar-refractivity contribution in [1.82, 2.24) is 0 Å². The molecule has 0 unspecified atom stereocenters. The van der Waals surface area contributed by atoms with Crippen LogP contribution in [0.3, 0.4) is 0 Å².